The van der Waals surface area contributed by atoms with Crippen LogP contribution in [0.15, 0.2) is 0 Å². The first kappa shape index (κ1) is 18.1. The molecular weight excluding hydrogens is 248 g/mol. The average molecular weight is 278 g/mol. The van der Waals surface area contributed by atoms with Crippen molar-refractivity contribution in [2.24, 2.45) is 0 Å². The van der Waals surface area contributed by atoms with E-state index < -0.39 is 20.7 Å². The van der Waals surface area contributed by atoms with Crippen molar-refractivity contribution in [3.8, 4) is 0 Å². The van der Waals surface area contributed by atoms with Crippen molar-refractivity contribution in [1.29, 1.82) is 0 Å². The number of ether oxygens (including phenoxy) is 2. The number of aliphatic hydroxyl groups is 1. The van der Waals surface area contributed by atoms with Crippen molar-refractivity contribution >= 4 is 8.32 Å². The molecule has 0 aromatic rings. The number of hydrogen-bond donors (Lipinski definition) is 1. The molecule has 0 heterocycles. The molecule has 0 radical (unpaired) electrons. The van der Waals surface area contributed by atoms with Crippen LogP contribution in [0, 0.1) is 0 Å². The van der Waals surface area contributed by atoms with Gasteiger partial charge >= 0.3 is 0 Å². The zero-order chi connectivity index (χ0) is 14.4. The molecule has 4 nitrogen and oxygen atoms in total. The van der Waals surface area contributed by atoms with Gasteiger partial charge in [-0.05, 0) is 32.0 Å². The molecule has 0 fully saturated rings. The van der Waals surface area contributed by atoms with Gasteiger partial charge in [-0.1, -0.05) is 20.8 Å². The fourth-order valence-corrected chi connectivity index (χ4v) is 2.21. The zero-order valence-electron chi connectivity index (χ0n) is 12.9. The predicted octanol–water partition coefficient (Wildman–Crippen LogP) is 2.77. The summed E-state index contributed by atoms with van der Waals surface area (Å²) in [6.07, 6.45) is -1.33. The Morgan fingerprint density at radius 1 is 1.06 bits per heavy atom. The smallest absolute Gasteiger partial charge is 0.192 e. The summed E-state index contributed by atoms with van der Waals surface area (Å²) in [6, 6.07) is 0. The molecular formula is C13H30O4Si. The van der Waals surface area contributed by atoms with Crippen LogP contribution < -0.4 is 0 Å². The largest absolute Gasteiger partial charge is 0.414 e. The minimum Gasteiger partial charge on any atom is -0.414 e. The number of hydrogen-bond acceptors (Lipinski definition) is 4. The van der Waals surface area contributed by atoms with E-state index >= 15 is 0 Å². The van der Waals surface area contributed by atoms with Gasteiger partial charge in [0.05, 0.1) is 6.61 Å². The molecule has 0 aliphatic rings. The van der Waals surface area contributed by atoms with Gasteiger partial charge in [0.1, 0.15) is 6.10 Å². The second kappa shape index (κ2) is 7.60. The Morgan fingerprint density at radius 3 is 1.83 bits per heavy atom. The van der Waals surface area contributed by atoms with Crippen LogP contribution in [-0.2, 0) is 13.9 Å². The summed E-state index contributed by atoms with van der Waals surface area (Å²) in [4.78, 5) is 0. The van der Waals surface area contributed by atoms with Crippen LogP contribution in [0.2, 0.25) is 18.1 Å². The maximum atomic E-state index is 10.0. The van der Waals surface area contributed by atoms with Crippen LogP contribution in [-0.4, -0.2) is 45.6 Å². The summed E-state index contributed by atoms with van der Waals surface area (Å²) in [5, 5.41) is 10.2. The molecule has 5 heteroatoms. The van der Waals surface area contributed by atoms with E-state index in [0.717, 1.165) is 0 Å². The number of rotatable bonds is 8. The third-order valence-electron chi connectivity index (χ3n) is 3.40. The highest BCUT2D eigenvalue weighted by atomic mass is 28.4. The average Bonchev–Trinajstić information content (AvgIpc) is 2.24. The van der Waals surface area contributed by atoms with E-state index in [2.05, 4.69) is 33.9 Å². The molecule has 1 atom stereocenters. The van der Waals surface area contributed by atoms with Crippen molar-refractivity contribution in [2.45, 2.75) is 65.1 Å². The minimum absolute atomic E-state index is 0.138. The summed E-state index contributed by atoms with van der Waals surface area (Å²) in [5.74, 6) is 0. The molecule has 0 aliphatic heterocycles. The van der Waals surface area contributed by atoms with Crippen LogP contribution in [0.4, 0.5) is 0 Å². The molecule has 0 aromatic heterocycles. The first-order valence-corrected chi connectivity index (χ1v) is 9.61. The minimum atomic E-state index is -1.83. The second-order valence-corrected chi connectivity index (χ2v) is 10.7. The van der Waals surface area contributed by atoms with Gasteiger partial charge in [0, 0.05) is 13.2 Å². The van der Waals surface area contributed by atoms with E-state index in [1.807, 2.05) is 13.8 Å². The van der Waals surface area contributed by atoms with Crippen molar-refractivity contribution < 1.29 is 19.0 Å². The molecule has 110 valence electrons. The van der Waals surface area contributed by atoms with E-state index in [4.69, 9.17) is 13.9 Å². The van der Waals surface area contributed by atoms with Gasteiger partial charge < -0.3 is 19.0 Å². The van der Waals surface area contributed by atoms with Gasteiger partial charge in [0.15, 0.2) is 14.6 Å². The normalized spacial score (nSPS) is 15.2. The van der Waals surface area contributed by atoms with Crippen LogP contribution in [0.3, 0.4) is 0 Å². The molecule has 0 aliphatic carbocycles. The van der Waals surface area contributed by atoms with Crippen molar-refractivity contribution in [1.82, 2.24) is 0 Å². The van der Waals surface area contributed by atoms with Crippen molar-refractivity contribution in [3.63, 3.8) is 0 Å². The van der Waals surface area contributed by atoms with E-state index in [1.165, 1.54) is 0 Å². The Hall–Kier alpha value is 0.0569. The van der Waals surface area contributed by atoms with E-state index in [1.54, 1.807) is 0 Å². The SMILES string of the molecule is CCOC(OCC)[C@H](O)CO[Si](C)(C)C(C)(C)C. The Labute approximate surface area is 113 Å². The summed E-state index contributed by atoms with van der Waals surface area (Å²) >= 11 is 0. The standard InChI is InChI=1S/C13H30O4Si/c1-8-15-12(16-9-2)11(14)10-17-18(6,7)13(3,4)5/h11-12,14H,8-10H2,1-7H3/t11-/m1/s1. The predicted molar refractivity (Wildman–Crippen MR) is 76.2 cm³/mol. The third-order valence-corrected chi connectivity index (χ3v) is 7.90. The molecule has 0 saturated heterocycles. The number of aliphatic hydroxyl groups excluding tert-OH is 1. The summed E-state index contributed by atoms with van der Waals surface area (Å²) < 4.78 is 16.7. The van der Waals surface area contributed by atoms with Crippen LogP contribution >= 0.6 is 0 Å². The first-order chi connectivity index (χ1) is 8.15. The van der Waals surface area contributed by atoms with Gasteiger partial charge in [-0.2, -0.15) is 0 Å². The quantitative estimate of drug-likeness (QED) is 0.548. The zero-order valence-corrected chi connectivity index (χ0v) is 13.9. The highest BCUT2D eigenvalue weighted by Crippen LogP contribution is 2.36. The maximum Gasteiger partial charge on any atom is 0.192 e. The molecule has 0 aromatic carbocycles. The van der Waals surface area contributed by atoms with Crippen LogP contribution in [0.1, 0.15) is 34.6 Å². The van der Waals surface area contributed by atoms with Gasteiger partial charge in [-0.25, -0.2) is 0 Å². The summed E-state index contributed by atoms with van der Waals surface area (Å²) in [5.41, 5.74) is 0. The molecule has 18 heavy (non-hydrogen) atoms. The molecule has 0 spiro atoms. The summed E-state index contributed by atoms with van der Waals surface area (Å²) in [7, 11) is -1.83. The van der Waals surface area contributed by atoms with Gasteiger partial charge in [0.25, 0.3) is 0 Å². The Morgan fingerprint density at radius 2 is 1.50 bits per heavy atom. The Bertz CT molecular complexity index is 220. The lowest BCUT2D eigenvalue weighted by Crippen LogP contribution is -2.45. The highest BCUT2D eigenvalue weighted by molar-refractivity contribution is 6.74. The highest BCUT2D eigenvalue weighted by Gasteiger charge is 2.38. The van der Waals surface area contributed by atoms with E-state index in [0.29, 0.717) is 13.2 Å². The lowest BCUT2D eigenvalue weighted by molar-refractivity contribution is -0.195. The van der Waals surface area contributed by atoms with Crippen molar-refractivity contribution in [2.75, 3.05) is 19.8 Å². The maximum absolute atomic E-state index is 10.0. The topological polar surface area (TPSA) is 47.9 Å². The van der Waals surface area contributed by atoms with Gasteiger partial charge in [-0.15, -0.1) is 0 Å². The monoisotopic (exact) mass is 278 g/mol. The molecule has 0 bridgehead atoms. The van der Waals surface area contributed by atoms with Crippen LogP contribution in [0.25, 0.3) is 0 Å². The third kappa shape index (κ3) is 5.80. The fourth-order valence-electron chi connectivity index (χ4n) is 1.19. The van der Waals surface area contributed by atoms with Crippen LogP contribution in [0.5, 0.6) is 0 Å². The lowest BCUT2D eigenvalue weighted by Gasteiger charge is -2.37. The second-order valence-electron chi connectivity index (χ2n) is 5.92. The molecule has 0 rings (SSSR count). The van der Waals surface area contributed by atoms with Gasteiger partial charge in [0.2, 0.25) is 0 Å². The molecule has 1 N–H and O–H groups in total. The Kier molecular flexibility index (Phi) is 7.62. The fraction of sp³-hybridized carbons (Fsp3) is 1.00. The van der Waals surface area contributed by atoms with E-state index in [-0.39, 0.29) is 11.6 Å². The summed E-state index contributed by atoms with van der Waals surface area (Å²) in [6.45, 7) is 15.9. The Balaban J connectivity index is 4.33. The van der Waals surface area contributed by atoms with Gasteiger partial charge in [-0.3, -0.25) is 0 Å². The van der Waals surface area contributed by atoms with Crippen molar-refractivity contribution in [3.05, 3.63) is 0 Å². The molecule has 0 unspecified atom stereocenters. The van der Waals surface area contributed by atoms with E-state index in [9.17, 15) is 5.11 Å². The first-order valence-electron chi connectivity index (χ1n) is 6.71. The molecule has 0 amide bonds. The molecule has 0 saturated carbocycles. The lowest BCUT2D eigenvalue weighted by atomic mass is 10.2.